The smallest absolute Gasteiger partial charge is 0.234 e. The largest absolute Gasteiger partial charge is 0.497 e. The van der Waals surface area contributed by atoms with Crippen molar-refractivity contribution in [2.45, 2.75) is 18.9 Å². The Morgan fingerprint density at radius 3 is 2.69 bits per heavy atom. The highest BCUT2D eigenvalue weighted by atomic mass is 32.2. The number of aromatic nitrogens is 1. The summed E-state index contributed by atoms with van der Waals surface area (Å²) in [7, 11) is 1.61. The summed E-state index contributed by atoms with van der Waals surface area (Å²) in [5.74, 6) is 0.752. The van der Waals surface area contributed by atoms with E-state index >= 15 is 0 Å². The molecule has 0 spiro atoms. The highest BCUT2D eigenvalue weighted by Crippen LogP contribution is 2.27. The van der Waals surface area contributed by atoms with Crippen LogP contribution in [0.1, 0.15) is 16.7 Å². The Bertz CT molecular complexity index is 1090. The topological polar surface area (TPSA) is 75.0 Å². The number of benzene rings is 2. The Labute approximate surface area is 174 Å². The highest BCUT2D eigenvalue weighted by Gasteiger charge is 2.11. The van der Waals surface area contributed by atoms with Gasteiger partial charge < -0.3 is 10.1 Å². The molecule has 0 saturated carbocycles. The van der Waals surface area contributed by atoms with Crippen LogP contribution < -0.4 is 10.1 Å². The minimum Gasteiger partial charge on any atom is -0.497 e. The number of nitriles is 1. The molecule has 2 aromatic carbocycles. The number of hydrogen-bond acceptors (Lipinski definition) is 5. The maximum Gasteiger partial charge on any atom is 0.234 e. The third kappa shape index (κ3) is 5.15. The van der Waals surface area contributed by atoms with Crippen molar-refractivity contribution in [3.05, 3.63) is 71.3 Å². The van der Waals surface area contributed by atoms with Crippen LogP contribution in [0, 0.1) is 25.2 Å². The van der Waals surface area contributed by atoms with Crippen molar-refractivity contribution in [2.24, 2.45) is 0 Å². The molecule has 1 heterocycles. The molecule has 5 nitrogen and oxygen atoms in total. The van der Waals surface area contributed by atoms with Crippen molar-refractivity contribution in [2.75, 3.05) is 18.2 Å². The number of pyridine rings is 1. The lowest BCUT2D eigenvalue weighted by molar-refractivity contribution is -0.113. The van der Waals surface area contributed by atoms with Crippen LogP contribution in [0.3, 0.4) is 0 Å². The van der Waals surface area contributed by atoms with E-state index in [-0.39, 0.29) is 11.7 Å². The summed E-state index contributed by atoms with van der Waals surface area (Å²) in [6.45, 7) is 4.04. The minimum absolute atomic E-state index is 0.143. The molecule has 0 aliphatic rings. The van der Waals surface area contributed by atoms with Gasteiger partial charge in [0.25, 0.3) is 0 Å². The fourth-order valence-corrected chi connectivity index (χ4v) is 3.50. The normalized spacial score (nSPS) is 10.3. The Morgan fingerprint density at radius 2 is 1.97 bits per heavy atom. The van der Waals surface area contributed by atoms with E-state index in [1.54, 1.807) is 19.2 Å². The number of hydrogen-bond donors (Lipinski definition) is 1. The molecular formula is C23H21N3O2S. The van der Waals surface area contributed by atoms with Gasteiger partial charge >= 0.3 is 0 Å². The maximum atomic E-state index is 12.4. The van der Waals surface area contributed by atoms with Gasteiger partial charge in [-0.15, -0.1) is 0 Å². The van der Waals surface area contributed by atoms with Crippen molar-refractivity contribution in [3.8, 4) is 23.1 Å². The van der Waals surface area contributed by atoms with Crippen LogP contribution in [0.25, 0.3) is 11.3 Å². The number of nitrogens with one attached hydrogen (secondary N) is 1. The van der Waals surface area contributed by atoms with Gasteiger partial charge in [-0.05, 0) is 61.4 Å². The zero-order chi connectivity index (χ0) is 20.8. The Kier molecular flexibility index (Phi) is 6.53. The molecule has 6 heteroatoms. The predicted molar refractivity (Wildman–Crippen MR) is 116 cm³/mol. The summed E-state index contributed by atoms with van der Waals surface area (Å²) in [5.41, 5.74) is 5.11. The van der Waals surface area contributed by atoms with E-state index in [2.05, 4.69) is 16.4 Å². The van der Waals surface area contributed by atoms with Crippen LogP contribution in [0.15, 0.2) is 59.6 Å². The molecule has 0 unspecified atom stereocenters. The number of thioether (sulfide) groups is 1. The third-order valence-electron chi connectivity index (χ3n) is 4.48. The summed E-state index contributed by atoms with van der Waals surface area (Å²) in [6, 6.07) is 19.0. The Hall–Kier alpha value is -3.30. The number of carbonyl (C=O) groups excluding carboxylic acids is 1. The summed E-state index contributed by atoms with van der Waals surface area (Å²) in [6.07, 6.45) is 0. The zero-order valence-corrected chi connectivity index (χ0v) is 17.3. The van der Waals surface area contributed by atoms with Crippen molar-refractivity contribution in [3.63, 3.8) is 0 Å². The van der Waals surface area contributed by atoms with E-state index in [0.717, 1.165) is 28.3 Å². The van der Waals surface area contributed by atoms with E-state index in [1.165, 1.54) is 17.3 Å². The second-order valence-corrected chi connectivity index (χ2v) is 7.49. The second-order valence-electron chi connectivity index (χ2n) is 6.53. The molecule has 0 fully saturated rings. The molecule has 1 aromatic heterocycles. The number of nitrogens with zero attached hydrogens (tertiary/aromatic N) is 2. The Balaban J connectivity index is 1.74. The number of ether oxygens (including phenoxy) is 1. The standard InChI is InChI=1S/C23H21N3O2S/c1-15-7-9-19(11-16(15)2)25-22(27)14-29-23-18(13-24)8-10-21(26-23)17-5-4-6-20(12-17)28-3/h4-12H,14H2,1-3H3,(H,25,27). The zero-order valence-electron chi connectivity index (χ0n) is 16.5. The van der Waals surface area contributed by atoms with Crippen LogP contribution in [0.4, 0.5) is 5.69 Å². The fourth-order valence-electron chi connectivity index (χ4n) is 2.73. The average molecular weight is 404 g/mol. The lowest BCUT2D eigenvalue weighted by Gasteiger charge is -2.09. The van der Waals surface area contributed by atoms with E-state index in [0.29, 0.717) is 10.6 Å². The molecule has 0 atom stereocenters. The van der Waals surface area contributed by atoms with Gasteiger partial charge in [-0.3, -0.25) is 4.79 Å². The summed E-state index contributed by atoms with van der Waals surface area (Å²) >= 11 is 1.25. The first-order valence-corrected chi connectivity index (χ1v) is 10.0. The molecule has 0 aliphatic carbocycles. The van der Waals surface area contributed by atoms with E-state index in [9.17, 15) is 10.1 Å². The number of amides is 1. The van der Waals surface area contributed by atoms with Gasteiger partial charge in [0.15, 0.2) is 0 Å². The molecule has 29 heavy (non-hydrogen) atoms. The SMILES string of the molecule is COc1cccc(-c2ccc(C#N)c(SCC(=O)Nc3ccc(C)c(C)c3)n2)c1. The first-order chi connectivity index (χ1) is 14.0. The van der Waals surface area contributed by atoms with Crippen LogP contribution >= 0.6 is 11.8 Å². The van der Waals surface area contributed by atoms with Crippen LogP contribution in [0.2, 0.25) is 0 Å². The summed E-state index contributed by atoms with van der Waals surface area (Å²) in [4.78, 5) is 17.0. The average Bonchev–Trinajstić information content (AvgIpc) is 2.74. The number of carbonyl (C=O) groups is 1. The first-order valence-electron chi connectivity index (χ1n) is 9.05. The third-order valence-corrected chi connectivity index (χ3v) is 5.47. The van der Waals surface area contributed by atoms with Crippen molar-refractivity contribution in [1.82, 2.24) is 4.98 Å². The van der Waals surface area contributed by atoms with Gasteiger partial charge in [0.1, 0.15) is 16.8 Å². The van der Waals surface area contributed by atoms with E-state index in [4.69, 9.17) is 4.74 Å². The van der Waals surface area contributed by atoms with Gasteiger partial charge in [0.05, 0.1) is 24.1 Å². The highest BCUT2D eigenvalue weighted by molar-refractivity contribution is 8.00. The van der Waals surface area contributed by atoms with Gasteiger partial charge in [0, 0.05) is 11.3 Å². The Morgan fingerprint density at radius 1 is 1.14 bits per heavy atom. The maximum absolute atomic E-state index is 12.4. The molecule has 3 rings (SSSR count). The summed E-state index contributed by atoms with van der Waals surface area (Å²) < 4.78 is 5.26. The van der Waals surface area contributed by atoms with Gasteiger partial charge in [-0.25, -0.2) is 4.98 Å². The number of anilines is 1. The second kappa shape index (κ2) is 9.26. The molecule has 1 amide bonds. The molecule has 0 aliphatic heterocycles. The lowest BCUT2D eigenvalue weighted by atomic mass is 10.1. The molecule has 0 radical (unpaired) electrons. The van der Waals surface area contributed by atoms with Crippen LogP contribution in [-0.2, 0) is 4.79 Å². The predicted octanol–water partition coefficient (Wildman–Crippen LogP) is 4.98. The number of rotatable bonds is 6. The molecule has 0 saturated heterocycles. The first kappa shape index (κ1) is 20.4. The van der Waals surface area contributed by atoms with Gasteiger partial charge in [-0.2, -0.15) is 5.26 Å². The van der Waals surface area contributed by atoms with E-state index in [1.807, 2.05) is 56.3 Å². The molecule has 1 N–H and O–H groups in total. The molecule has 146 valence electrons. The molecule has 3 aromatic rings. The number of methoxy groups -OCH3 is 1. The van der Waals surface area contributed by atoms with Gasteiger partial charge in [0.2, 0.25) is 5.91 Å². The number of aryl methyl sites for hydroxylation is 2. The quantitative estimate of drug-likeness (QED) is 0.588. The van der Waals surface area contributed by atoms with Crippen molar-refractivity contribution >= 4 is 23.4 Å². The van der Waals surface area contributed by atoms with Gasteiger partial charge in [-0.1, -0.05) is 30.0 Å². The van der Waals surface area contributed by atoms with Crippen LogP contribution in [-0.4, -0.2) is 23.8 Å². The lowest BCUT2D eigenvalue weighted by Crippen LogP contribution is -2.14. The van der Waals surface area contributed by atoms with Crippen molar-refractivity contribution < 1.29 is 9.53 Å². The van der Waals surface area contributed by atoms with Crippen molar-refractivity contribution in [1.29, 1.82) is 5.26 Å². The van der Waals surface area contributed by atoms with E-state index < -0.39 is 0 Å². The van der Waals surface area contributed by atoms with Crippen LogP contribution in [0.5, 0.6) is 5.75 Å². The molecule has 0 bridgehead atoms. The monoisotopic (exact) mass is 403 g/mol. The molecular weight excluding hydrogens is 382 g/mol. The fraction of sp³-hybridized carbons (Fsp3) is 0.174. The minimum atomic E-state index is -0.143. The summed E-state index contributed by atoms with van der Waals surface area (Å²) in [5, 5.41) is 12.8.